The van der Waals surface area contributed by atoms with Gasteiger partial charge in [-0.25, -0.2) is 4.98 Å². The minimum atomic E-state index is -0.158. The molecule has 5 nitrogen and oxygen atoms in total. The molecule has 0 amide bonds. The molecule has 1 aliphatic rings. The number of H-pyrrole nitrogens is 1. The molecule has 112 valence electrons. The molecule has 1 fully saturated rings. The molecule has 0 radical (unpaired) electrons. The number of fused-ring (bicyclic) bond motifs is 1. The average Bonchev–Trinajstić information content (AvgIpc) is 2.96. The highest BCUT2D eigenvalue weighted by molar-refractivity contribution is 8.00. The normalized spacial score (nSPS) is 17.2. The van der Waals surface area contributed by atoms with Crippen LogP contribution in [0.25, 0.3) is 10.9 Å². The fourth-order valence-electron chi connectivity index (χ4n) is 3.01. The fourth-order valence-corrected chi connectivity index (χ4v) is 3.93. The van der Waals surface area contributed by atoms with Crippen molar-refractivity contribution in [3.8, 4) is 0 Å². The van der Waals surface area contributed by atoms with Crippen LogP contribution in [0.3, 0.4) is 0 Å². The minimum absolute atomic E-state index is 0.158. The highest BCUT2D eigenvalue weighted by Gasteiger charge is 2.32. The van der Waals surface area contributed by atoms with Crippen LogP contribution < -0.4 is 16.6 Å². The lowest BCUT2D eigenvalue weighted by Gasteiger charge is -2.27. The molecule has 1 saturated carbocycles. The second-order valence-corrected chi connectivity index (χ2v) is 6.91. The molecule has 3 rings (SSSR count). The Morgan fingerprint density at radius 2 is 2.19 bits per heavy atom. The van der Waals surface area contributed by atoms with Crippen molar-refractivity contribution >= 4 is 34.0 Å². The van der Waals surface area contributed by atoms with Gasteiger partial charge < -0.3 is 16.0 Å². The first kappa shape index (κ1) is 14.3. The molecule has 0 unspecified atom stereocenters. The Balaban J connectivity index is 1.87. The van der Waals surface area contributed by atoms with Crippen LogP contribution in [-0.4, -0.2) is 27.5 Å². The Labute approximate surface area is 127 Å². The molecule has 1 aromatic carbocycles. The number of benzene rings is 1. The summed E-state index contributed by atoms with van der Waals surface area (Å²) in [5.74, 6) is 0. The Hall–Kier alpha value is -1.69. The maximum atomic E-state index is 11.7. The number of hydrogen-bond donors (Lipinski definition) is 3. The second kappa shape index (κ2) is 5.60. The fraction of sp³-hybridized carbons (Fsp3) is 0.467. The van der Waals surface area contributed by atoms with Gasteiger partial charge in [0.1, 0.15) is 0 Å². The van der Waals surface area contributed by atoms with Crippen molar-refractivity contribution in [3.63, 3.8) is 0 Å². The van der Waals surface area contributed by atoms with Gasteiger partial charge in [-0.1, -0.05) is 12.8 Å². The summed E-state index contributed by atoms with van der Waals surface area (Å²) in [7, 11) is 0. The van der Waals surface area contributed by atoms with Gasteiger partial charge >= 0.3 is 0 Å². The predicted octanol–water partition coefficient (Wildman–Crippen LogP) is 2.59. The van der Waals surface area contributed by atoms with Crippen LogP contribution in [0.1, 0.15) is 25.7 Å². The lowest BCUT2D eigenvalue weighted by atomic mass is 10.1. The van der Waals surface area contributed by atoms with Gasteiger partial charge in [-0.05, 0) is 31.2 Å². The second-order valence-electron chi connectivity index (χ2n) is 5.64. The zero-order valence-electron chi connectivity index (χ0n) is 12.1. The van der Waals surface area contributed by atoms with Crippen LogP contribution in [0.2, 0.25) is 0 Å². The van der Waals surface area contributed by atoms with E-state index in [2.05, 4.69) is 21.5 Å². The summed E-state index contributed by atoms with van der Waals surface area (Å²) in [5, 5.41) is 3.99. The summed E-state index contributed by atoms with van der Waals surface area (Å²) in [5.41, 5.74) is 8.04. The molecular formula is C15H20N4OS. The number of nitrogens with one attached hydrogen (secondary N) is 2. The Morgan fingerprint density at radius 1 is 1.43 bits per heavy atom. The van der Waals surface area contributed by atoms with E-state index in [0.717, 1.165) is 12.2 Å². The van der Waals surface area contributed by atoms with Crippen molar-refractivity contribution in [2.75, 3.05) is 23.9 Å². The minimum Gasteiger partial charge on any atom is -0.397 e. The molecule has 2 aromatic rings. The number of nitrogen functional groups attached to an aromatic ring is 1. The molecular weight excluding hydrogens is 284 g/mol. The number of thioether (sulfide) groups is 1. The maximum absolute atomic E-state index is 11.7. The van der Waals surface area contributed by atoms with E-state index in [9.17, 15) is 4.79 Å². The van der Waals surface area contributed by atoms with E-state index in [4.69, 9.17) is 5.73 Å². The first-order valence-electron chi connectivity index (χ1n) is 7.19. The topological polar surface area (TPSA) is 83.8 Å². The van der Waals surface area contributed by atoms with Gasteiger partial charge in [0.05, 0.1) is 28.6 Å². The van der Waals surface area contributed by atoms with E-state index in [1.54, 1.807) is 6.07 Å². The lowest BCUT2D eigenvalue weighted by molar-refractivity contribution is 0.640. The van der Waals surface area contributed by atoms with Crippen LogP contribution >= 0.6 is 11.8 Å². The number of hydrogen-bond acceptors (Lipinski definition) is 5. The summed E-state index contributed by atoms with van der Waals surface area (Å²) >= 11 is 1.94. The van der Waals surface area contributed by atoms with Gasteiger partial charge in [0.25, 0.3) is 5.56 Å². The molecule has 0 bridgehead atoms. The van der Waals surface area contributed by atoms with Crippen molar-refractivity contribution in [3.05, 3.63) is 28.8 Å². The summed E-state index contributed by atoms with van der Waals surface area (Å²) < 4.78 is 0.309. The van der Waals surface area contributed by atoms with Gasteiger partial charge in [-0.15, -0.1) is 0 Å². The van der Waals surface area contributed by atoms with E-state index < -0.39 is 0 Å². The first-order chi connectivity index (χ1) is 10.1. The number of aromatic amines is 1. The first-order valence-corrected chi connectivity index (χ1v) is 8.42. The molecule has 0 atom stereocenters. The smallest absolute Gasteiger partial charge is 0.258 e. The van der Waals surface area contributed by atoms with Gasteiger partial charge in [0, 0.05) is 11.3 Å². The van der Waals surface area contributed by atoms with Crippen molar-refractivity contribution in [1.29, 1.82) is 0 Å². The van der Waals surface area contributed by atoms with Crippen LogP contribution in [0.5, 0.6) is 0 Å². The molecule has 1 aliphatic carbocycles. The molecule has 0 spiro atoms. The molecule has 0 aliphatic heterocycles. The third-order valence-corrected chi connectivity index (χ3v) is 5.78. The monoisotopic (exact) mass is 304 g/mol. The summed E-state index contributed by atoms with van der Waals surface area (Å²) in [6, 6.07) is 3.56. The van der Waals surface area contributed by atoms with E-state index in [0.29, 0.717) is 21.3 Å². The standard InChI is InChI=1S/C15H20N4OS/c1-21-15(4-2-3-5-15)8-17-13-7-12-10(6-11(13)16)14(20)19-9-18-12/h6-7,9,17H,2-5,8,16H2,1H3,(H,18,19,20). The number of anilines is 2. The molecule has 6 heteroatoms. The average molecular weight is 304 g/mol. The zero-order chi connectivity index (χ0) is 14.9. The zero-order valence-corrected chi connectivity index (χ0v) is 12.9. The van der Waals surface area contributed by atoms with Gasteiger partial charge in [-0.3, -0.25) is 4.79 Å². The molecule has 1 aromatic heterocycles. The number of nitrogens with two attached hydrogens (primary N) is 1. The number of aromatic nitrogens is 2. The van der Waals surface area contributed by atoms with Crippen molar-refractivity contribution in [2.24, 2.45) is 0 Å². The molecule has 21 heavy (non-hydrogen) atoms. The largest absolute Gasteiger partial charge is 0.397 e. The predicted molar refractivity (Wildman–Crippen MR) is 90.0 cm³/mol. The SMILES string of the molecule is CSC1(CNc2cc3nc[nH]c(=O)c3cc2N)CCCC1. The van der Waals surface area contributed by atoms with Crippen LogP contribution in [-0.2, 0) is 0 Å². The highest BCUT2D eigenvalue weighted by atomic mass is 32.2. The van der Waals surface area contributed by atoms with Crippen LogP contribution in [0.15, 0.2) is 23.3 Å². The number of nitrogens with zero attached hydrogens (tertiary/aromatic N) is 1. The van der Waals surface area contributed by atoms with Crippen molar-refractivity contribution in [1.82, 2.24) is 9.97 Å². The highest BCUT2D eigenvalue weighted by Crippen LogP contribution is 2.40. The van der Waals surface area contributed by atoms with E-state index in [-0.39, 0.29) is 5.56 Å². The van der Waals surface area contributed by atoms with Gasteiger partial charge in [-0.2, -0.15) is 11.8 Å². The van der Waals surface area contributed by atoms with Crippen LogP contribution in [0.4, 0.5) is 11.4 Å². The molecule has 0 saturated heterocycles. The molecule has 1 heterocycles. The van der Waals surface area contributed by atoms with Gasteiger partial charge in [0.2, 0.25) is 0 Å². The Bertz CT molecular complexity index is 706. The summed E-state index contributed by atoms with van der Waals surface area (Å²) in [4.78, 5) is 18.5. The summed E-state index contributed by atoms with van der Waals surface area (Å²) in [6.45, 7) is 0.896. The Kier molecular flexibility index (Phi) is 3.80. The van der Waals surface area contributed by atoms with Crippen molar-refractivity contribution in [2.45, 2.75) is 30.4 Å². The number of rotatable bonds is 4. The third kappa shape index (κ3) is 2.72. The van der Waals surface area contributed by atoms with E-state index in [1.165, 1.54) is 32.0 Å². The van der Waals surface area contributed by atoms with Crippen molar-refractivity contribution < 1.29 is 0 Å². The van der Waals surface area contributed by atoms with E-state index >= 15 is 0 Å². The van der Waals surface area contributed by atoms with Gasteiger partial charge in [0.15, 0.2) is 0 Å². The molecule has 4 N–H and O–H groups in total. The Morgan fingerprint density at radius 3 is 2.90 bits per heavy atom. The maximum Gasteiger partial charge on any atom is 0.258 e. The quantitative estimate of drug-likeness (QED) is 0.756. The lowest BCUT2D eigenvalue weighted by Crippen LogP contribution is -2.30. The van der Waals surface area contributed by atoms with E-state index in [1.807, 2.05) is 17.8 Å². The van der Waals surface area contributed by atoms with Crippen LogP contribution in [0, 0.1) is 0 Å². The summed E-state index contributed by atoms with van der Waals surface area (Å²) in [6.07, 6.45) is 8.68. The third-order valence-electron chi connectivity index (χ3n) is 4.36.